The first-order valence-corrected chi connectivity index (χ1v) is 7.04. The summed E-state index contributed by atoms with van der Waals surface area (Å²) in [5, 5.41) is 8.23. The van der Waals surface area contributed by atoms with E-state index in [0.29, 0.717) is 23.9 Å². The first-order chi connectivity index (χ1) is 7.48. The van der Waals surface area contributed by atoms with Crippen LogP contribution in [0.1, 0.15) is 12.8 Å². The molecule has 0 heterocycles. The number of hydrogen-bond donors (Lipinski definition) is 4. The molecule has 0 aliphatic heterocycles. The first kappa shape index (κ1) is 18.9. The van der Waals surface area contributed by atoms with E-state index in [1.165, 1.54) is 0 Å². The number of hydrogen-bond acceptors (Lipinski definition) is 3. The van der Waals surface area contributed by atoms with E-state index in [-0.39, 0.29) is 12.7 Å². The van der Waals surface area contributed by atoms with Crippen molar-refractivity contribution in [1.82, 2.24) is 0 Å². The molecule has 0 saturated carbocycles. The number of unbranched alkanes of at least 4 members (excludes halogenated alkanes) is 1. The number of aliphatic carboxylic acids is 1. The van der Waals surface area contributed by atoms with Gasteiger partial charge in [0.1, 0.15) is 0 Å². The molecular weight excluding hydrogens is 247 g/mol. The van der Waals surface area contributed by atoms with Gasteiger partial charge in [0.2, 0.25) is 0 Å². The molecular formula is C9H24N2O5P+. The molecule has 0 rings (SSSR count). The number of nitrogens with two attached hydrogens (primary N) is 1. The van der Waals surface area contributed by atoms with Gasteiger partial charge < -0.3 is 25.1 Å². The molecule has 0 amide bonds. The Morgan fingerprint density at radius 2 is 1.71 bits per heavy atom. The molecule has 0 aliphatic rings. The fourth-order valence-electron chi connectivity index (χ4n) is 0.868. The lowest BCUT2D eigenvalue weighted by atomic mass is 10.3. The van der Waals surface area contributed by atoms with Crippen LogP contribution in [0.4, 0.5) is 0 Å². The van der Waals surface area contributed by atoms with E-state index in [0.717, 1.165) is 0 Å². The number of carbonyl (C=O) groups is 1. The van der Waals surface area contributed by atoms with E-state index in [1.54, 1.807) is 0 Å². The zero-order valence-corrected chi connectivity index (χ0v) is 11.6. The highest BCUT2D eigenvalue weighted by Gasteiger charge is 2.11. The number of likely N-dealkylation sites (N-methyl/N-ethyl adjacent to an activating group) is 1. The van der Waals surface area contributed by atoms with Gasteiger partial charge in [-0.15, -0.1) is 0 Å². The van der Waals surface area contributed by atoms with Gasteiger partial charge in [-0.2, -0.15) is 0 Å². The molecule has 104 valence electrons. The van der Waals surface area contributed by atoms with Crippen LogP contribution in [0, 0.1) is 0 Å². The lowest BCUT2D eigenvalue weighted by molar-refractivity contribution is -0.862. The van der Waals surface area contributed by atoms with E-state index >= 15 is 0 Å². The SMILES string of the molecule is C[N+](C)(C)CC(=O)O.NCCCCP(=O)(O)O. The van der Waals surface area contributed by atoms with Crippen molar-refractivity contribution in [2.75, 3.05) is 40.4 Å². The second-order valence-corrected chi connectivity index (χ2v) is 6.50. The summed E-state index contributed by atoms with van der Waals surface area (Å²) in [5.41, 5.74) is 5.10. The maximum Gasteiger partial charge on any atom is 0.359 e. The highest BCUT2D eigenvalue weighted by Crippen LogP contribution is 2.34. The van der Waals surface area contributed by atoms with Crippen LogP contribution < -0.4 is 5.73 Å². The summed E-state index contributed by atoms with van der Waals surface area (Å²) in [4.78, 5) is 26.6. The van der Waals surface area contributed by atoms with Gasteiger partial charge in [0, 0.05) is 6.16 Å². The number of quaternary nitrogens is 1. The lowest BCUT2D eigenvalue weighted by Gasteiger charge is -2.20. The van der Waals surface area contributed by atoms with E-state index < -0.39 is 13.6 Å². The average molecular weight is 271 g/mol. The van der Waals surface area contributed by atoms with Crippen molar-refractivity contribution >= 4 is 13.6 Å². The smallest absolute Gasteiger partial charge is 0.359 e. The minimum atomic E-state index is -3.75. The second-order valence-electron chi connectivity index (χ2n) is 4.73. The molecule has 0 bridgehead atoms. The second kappa shape index (κ2) is 8.60. The molecule has 7 nitrogen and oxygen atoms in total. The van der Waals surface area contributed by atoms with Crippen LogP contribution in [0.15, 0.2) is 0 Å². The van der Waals surface area contributed by atoms with Gasteiger partial charge >= 0.3 is 13.6 Å². The molecule has 0 aromatic rings. The van der Waals surface area contributed by atoms with Gasteiger partial charge in [-0.25, -0.2) is 4.79 Å². The molecule has 0 saturated heterocycles. The van der Waals surface area contributed by atoms with Crippen molar-refractivity contribution in [2.24, 2.45) is 5.73 Å². The van der Waals surface area contributed by atoms with Crippen molar-refractivity contribution < 1.29 is 28.7 Å². The summed E-state index contributed by atoms with van der Waals surface area (Å²) in [6.07, 6.45) is 1.16. The van der Waals surface area contributed by atoms with Gasteiger partial charge in [-0.1, -0.05) is 0 Å². The molecule has 0 aromatic heterocycles. The standard InChI is InChI=1S/C5H11NO2.C4H12NO3P/c1-6(2,3)4-5(7)8;5-3-1-2-4-9(6,7)8/h4H2,1-3H3;1-5H2,(H2,6,7,8)/p+1. The Morgan fingerprint density at radius 3 is 1.88 bits per heavy atom. The quantitative estimate of drug-likeness (QED) is 0.298. The predicted octanol–water partition coefficient (Wildman–Crippen LogP) is -0.320. The van der Waals surface area contributed by atoms with Crippen molar-refractivity contribution in [3.8, 4) is 0 Å². The molecule has 0 aliphatic carbocycles. The third-order valence-electron chi connectivity index (χ3n) is 1.51. The van der Waals surface area contributed by atoms with Gasteiger partial charge in [0.05, 0.1) is 21.1 Å². The molecule has 8 heteroatoms. The molecule has 0 fully saturated rings. The van der Waals surface area contributed by atoms with Crippen LogP contribution in [0.25, 0.3) is 0 Å². The highest BCUT2D eigenvalue weighted by molar-refractivity contribution is 7.51. The van der Waals surface area contributed by atoms with Crippen LogP contribution in [0.2, 0.25) is 0 Å². The van der Waals surface area contributed by atoms with Crippen LogP contribution in [0.3, 0.4) is 0 Å². The molecule has 0 spiro atoms. The van der Waals surface area contributed by atoms with Gasteiger partial charge in [0.25, 0.3) is 0 Å². The molecule has 0 atom stereocenters. The third kappa shape index (κ3) is 25.6. The molecule has 0 radical (unpaired) electrons. The van der Waals surface area contributed by atoms with Crippen LogP contribution in [0.5, 0.6) is 0 Å². The fourth-order valence-corrected chi connectivity index (χ4v) is 1.50. The predicted molar refractivity (Wildman–Crippen MR) is 65.7 cm³/mol. The van der Waals surface area contributed by atoms with Gasteiger partial charge in [0.15, 0.2) is 6.54 Å². The van der Waals surface area contributed by atoms with E-state index in [4.69, 9.17) is 20.6 Å². The molecule has 5 N–H and O–H groups in total. The average Bonchev–Trinajstić information content (AvgIpc) is 1.98. The summed E-state index contributed by atoms with van der Waals surface area (Å²) in [6, 6.07) is 0. The maximum absolute atomic E-state index is 10.2. The topological polar surface area (TPSA) is 121 Å². The number of nitrogens with zero attached hydrogens (tertiary/aromatic N) is 1. The molecule has 0 unspecified atom stereocenters. The Kier molecular flexibility index (Phi) is 9.56. The highest BCUT2D eigenvalue weighted by atomic mass is 31.2. The summed E-state index contributed by atoms with van der Waals surface area (Å²) in [6.45, 7) is 0.681. The first-order valence-electron chi connectivity index (χ1n) is 5.25. The molecule has 0 aromatic carbocycles. The maximum atomic E-state index is 10.2. The zero-order chi connectivity index (χ0) is 14.1. The number of carboxylic acids is 1. The third-order valence-corrected chi connectivity index (χ3v) is 2.41. The van der Waals surface area contributed by atoms with Crippen molar-refractivity contribution in [1.29, 1.82) is 0 Å². The Morgan fingerprint density at radius 1 is 1.24 bits per heavy atom. The monoisotopic (exact) mass is 271 g/mol. The van der Waals surface area contributed by atoms with E-state index in [9.17, 15) is 9.36 Å². The Labute approximate surface area is 102 Å². The zero-order valence-electron chi connectivity index (χ0n) is 10.7. The van der Waals surface area contributed by atoms with Crippen molar-refractivity contribution in [3.05, 3.63) is 0 Å². The minimum absolute atomic E-state index is 0.0375. The Hall–Kier alpha value is -0.460. The van der Waals surface area contributed by atoms with Crippen LogP contribution in [-0.2, 0) is 9.36 Å². The normalized spacial score (nSPS) is 11.6. The Balaban J connectivity index is 0. The van der Waals surface area contributed by atoms with Crippen molar-refractivity contribution in [2.45, 2.75) is 12.8 Å². The molecule has 17 heavy (non-hydrogen) atoms. The van der Waals surface area contributed by atoms with Crippen LogP contribution in [-0.4, -0.2) is 65.7 Å². The minimum Gasteiger partial charge on any atom is -0.477 e. The lowest BCUT2D eigenvalue weighted by Crippen LogP contribution is -2.39. The number of carboxylic acid groups (broad SMARTS) is 1. The largest absolute Gasteiger partial charge is 0.477 e. The number of rotatable bonds is 6. The van der Waals surface area contributed by atoms with Crippen LogP contribution >= 0.6 is 7.60 Å². The van der Waals surface area contributed by atoms with E-state index in [2.05, 4.69) is 0 Å². The van der Waals surface area contributed by atoms with E-state index in [1.807, 2.05) is 21.1 Å². The summed E-state index contributed by atoms with van der Waals surface area (Å²) in [7, 11) is 1.77. The van der Waals surface area contributed by atoms with Crippen molar-refractivity contribution in [3.63, 3.8) is 0 Å². The van der Waals surface area contributed by atoms with Gasteiger partial charge in [-0.3, -0.25) is 4.57 Å². The Bertz CT molecular complexity index is 259. The summed E-state index contributed by atoms with van der Waals surface area (Å²) >= 11 is 0. The summed E-state index contributed by atoms with van der Waals surface area (Å²) < 4.78 is 10.6. The van der Waals surface area contributed by atoms with Gasteiger partial charge in [-0.05, 0) is 19.4 Å². The fraction of sp³-hybridized carbons (Fsp3) is 0.889. The summed E-state index contributed by atoms with van der Waals surface area (Å²) in [5.74, 6) is -0.752.